The topological polar surface area (TPSA) is 66.9 Å². The van der Waals surface area contributed by atoms with Gasteiger partial charge in [-0.05, 0) is 18.8 Å². The molecule has 5 heteroatoms. The number of anilines is 1. The summed E-state index contributed by atoms with van der Waals surface area (Å²) in [5, 5.41) is 6.00. The fourth-order valence-electron chi connectivity index (χ4n) is 2.55. The zero-order valence-electron chi connectivity index (χ0n) is 11.6. The zero-order valence-corrected chi connectivity index (χ0v) is 11.6. The number of nitrogens with zero attached hydrogens (tertiary/aromatic N) is 2. The predicted molar refractivity (Wildman–Crippen MR) is 75.1 cm³/mol. The van der Waals surface area contributed by atoms with Crippen LogP contribution in [-0.2, 0) is 0 Å². The van der Waals surface area contributed by atoms with E-state index in [0.29, 0.717) is 17.4 Å². The second-order valence-electron chi connectivity index (χ2n) is 5.23. The molecule has 2 unspecified atom stereocenters. The maximum absolute atomic E-state index is 12.2. The Bertz CT molecular complexity index is 435. The van der Waals surface area contributed by atoms with E-state index in [1.54, 1.807) is 13.2 Å². The van der Waals surface area contributed by atoms with E-state index in [0.717, 1.165) is 6.42 Å². The van der Waals surface area contributed by atoms with Crippen molar-refractivity contribution in [2.45, 2.75) is 45.1 Å². The van der Waals surface area contributed by atoms with Gasteiger partial charge in [0.15, 0.2) is 0 Å². The summed E-state index contributed by atoms with van der Waals surface area (Å²) in [4.78, 5) is 20.4. The Morgan fingerprint density at radius 3 is 2.84 bits per heavy atom. The van der Waals surface area contributed by atoms with E-state index >= 15 is 0 Å². The Balaban J connectivity index is 2.02. The van der Waals surface area contributed by atoms with E-state index in [1.165, 1.54) is 31.9 Å². The average Bonchev–Trinajstić information content (AvgIpc) is 2.64. The molecule has 1 heterocycles. The maximum Gasteiger partial charge on any atom is 0.271 e. The summed E-state index contributed by atoms with van der Waals surface area (Å²) in [6.45, 7) is 2.21. The Labute approximate surface area is 114 Å². The highest BCUT2D eigenvalue weighted by molar-refractivity contribution is 5.92. The second-order valence-corrected chi connectivity index (χ2v) is 5.23. The highest BCUT2D eigenvalue weighted by Gasteiger charge is 2.22. The molecule has 1 saturated carbocycles. The van der Waals surface area contributed by atoms with E-state index in [2.05, 4.69) is 27.5 Å². The monoisotopic (exact) mass is 262 g/mol. The SMILES string of the molecule is CNc1cncc(C(=O)NC2CCCCCC2C)n1. The summed E-state index contributed by atoms with van der Waals surface area (Å²) in [5.74, 6) is 1.02. The lowest BCUT2D eigenvalue weighted by Crippen LogP contribution is -2.39. The van der Waals surface area contributed by atoms with Crippen LogP contribution in [0.5, 0.6) is 0 Å². The molecule has 2 rings (SSSR count). The van der Waals surface area contributed by atoms with Crippen LogP contribution in [0.3, 0.4) is 0 Å². The van der Waals surface area contributed by atoms with Gasteiger partial charge in [-0.2, -0.15) is 0 Å². The molecule has 104 valence electrons. The van der Waals surface area contributed by atoms with Gasteiger partial charge in [0.05, 0.1) is 12.4 Å². The molecule has 1 aliphatic rings. The van der Waals surface area contributed by atoms with Crippen LogP contribution < -0.4 is 10.6 Å². The van der Waals surface area contributed by atoms with Crippen molar-refractivity contribution in [3.8, 4) is 0 Å². The molecule has 19 heavy (non-hydrogen) atoms. The number of carbonyl (C=O) groups excluding carboxylic acids is 1. The Hall–Kier alpha value is -1.65. The number of rotatable bonds is 3. The first kappa shape index (κ1) is 13.8. The van der Waals surface area contributed by atoms with Crippen LogP contribution in [-0.4, -0.2) is 29.0 Å². The Morgan fingerprint density at radius 1 is 1.26 bits per heavy atom. The fourth-order valence-corrected chi connectivity index (χ4v) is 2.55. The lowest BCUT2D eigenvalue weighted by molar-refractivity contribution is 0.0916. The van der Waals surface area contributed by atoms with Gasteiger partial charge >= 0.3 is 0 Å². The molecule has 2 N–H and O–H groups in total. The van der Waals surface area contributed by atoms with E-state index in [1.807, 2.05) is 0 Å². The molecule has 1 aliphatic carbocycles. The molecular weight excluding hydrogens is 240 g/mol. The van der Waals surface area contributed by atoms with Crippen molar-refractivity contribution >= 4 is 11.7 Å². The number of hydrogen-bond donors (Lipinski definition) is 2. The summed E-state index contributed by atoms with van der Waals surface area (Å²) in [6, 6.07) is 0.259. The molecule has 1 amide bonds. The van der Waals surface area contributed by atoms with Gasteiger partial charge in [-0.3, -0.25) is 9.78 Å². The molecule has 1 fully saturated rings. The van der Waals surface area contributed by atoms with Gasteiger partial charge in [-0.25, -0.2) is 4.98 Å². The van der Waals surface area contributed by atoms with Crippen LogP contribution in [0.25, 0.3) is 0 Å². The molecule has 1 aromatic heterocycles. The van der Waals surface area contributed by atoms with Gasteiger partial charge in [-0.15, -0.1) is 0 Å². The van der Waals surface area contributed by atoms with Crippen LogP contribution in [0.1, 0.15) is 49.5 Å². The van der Waals surface area contributed by atoms with E-state index < -0.39 is 0 Å². The number of amides is 1. The van der Waals surface area contributed by atoms with Crippen molar-refractivity contribution in [2.24, 2.45) is 5.92 Å². The van der Waals surface area contributed by atoms with Gasteiger partial charge < -0.3 is 10.6 Å². The van der Waals surface area contributed by atoms with Gasteiger partial charge in [0.2, 0.25) is 0 Å². The first-order chi connectivity index (χ1) is 9.20. The van der Waals surface area contributed by atoms with Crippen molar-refractivity contribution in [3.63, 3.8) is 0 Å². The normalized spacial score (nSPS) is 23.5. The first-order valence-corrected chi connectivity index (χ1v) is 7.01. The lowest BCUT2D eigenvalue weighted by atomic mass is 9.97. The van der Waals surface area contributed by atoms with Crippen molar-refractivity contribution in [2.75, 3.05) is 12.4 Å². The largest absolute Gasteiger partial charge is 0.372 e. The molecule has 1 aromatic rings. The molecule has 0 aromatic carbocycles. The number of aromatic nitrogens is 2. The van der Waals surface area contributed by atoms with E-state index in [-0.39, 0.29) is 11.9 Å². The lowest BCUT2D eigenvalue weighted by Gasteiger charge is -2.22. The van der Waals surface area contributed by atoms with Crippen LogP contribution in [0.2, 0.25) is 0 Å². The molecule has 0 radical (unpaired) electrons. The molecular formula is C14H22N4O. The van der Waals surface area contributed by atoms with Gasteiger partial charge in [0.1, 0.15) is 11.5 Å². The van der Waals surface area contributed by atoms with Gasteiger partial charge in [-0.1, -0.05) is 26.2 Å². The zero-order chi connectivity index (χ0) is 13.7. The highest BCUT2D eigenvalue weighted by atomic mass is 16.1. The third-order valence-electron chi connectivity index (χ3n) is 3.80. The van der Waals surface area contributed by atoms with Crippen LogP contribution in [0.15, 0.2) is 12.4 Å². The molecule has 2 atom stereocenters. The fraction of sp³-hybridized carbons (Fsp3) is 0.643. The summed E-state index contributed by atoms with van der Waals surface area (Å²) < 4.78 is 0. The first-order valence-electron chi connectivity index (χ1n) is 7.01. The number of carbonyl (C=O) groups is 1. The Morgan fingerprint density at radius 2 is 2.05 bits per heavy atom. The number of nitrogens with one attached hydrogen (secondary N) is 2. The minimum absolute atomic E-state index is 0.122. The minimum atomic E-state index is -0.122. The third kappa shape index (κ3) is 3.66. The third-order valence-corrected chi connectivity index (χ3v) is 3.80. The summed E-state index contributed by atoms with van der Waals surface area (Å²) in [5.41, 5.74) is 0.378. The average molecular weight is 262 g/mol. The van der Waals surface area contributed by atoms with Gasteiger partial charge in [0.25, 0.3) is 5.91 Å². The van der Waals surface area contributed by atoms with Gasteiger partial charge in [0, 0.05) is 13.1 Å². The molecule has 0 saturated heterocycles. The van der Waals surface area contributed by atoms with Crippen molar-refractivity contribution < 1.29 is 4.79 Å². The summed E-state index contributed by atoms with van der Waals surface area (Å²) in [6.07, 6.45) is 9.09. The standard InChI is InChI=1S/C14H22N4O/c1-10-6-4-3-5-7-11(10)18-14(19)12-8-16-9-13(15-2)17-12/h8-11H,3-7H2,1-2H3,(H,15,17)(H,18,19). The maximum atomic E-state index is 12.2. The van der Waals surface area contributed by atoms with Crippen molar-refractivity contribution in [1.29, 1.82) is 0 Å². The van der Waals surface area contributed by atoms with Crippen molar-refractivity contribution in [1.82, 2.24) is 15.3 Å². The smallest absolute Gasteiger partial charge is 0.271 e. The van der Waals surface area contributed by atoms with Crippen LogP contribution in [0.4, 0.5) is 5.82 Å². The van der Waals surface area contributed by atoms with E-state index in [4.69, 9.17) is 0 Å². The number of hydrogen-bond acceptors (Lipinski definition) is 4. The molecule has 0 spiro atoms. The van der Waals surface area contributed by atoms with Crippen LogP contribution >= 0.6 is 0 Å². The second kappa shape index (κ2) is 6.50. The highest BCUT2D eigenvalue weighted by Crippen LogP contribution is 2.23. The minimum Gasteiger partial charge on any atom is -0.372 e. The molecule has 5 nitrogen and oxygen atoms in total. The van der Waals surface area contributed by atoms with Crippen molar-refractivity contribution in [3.05, 3.63) is 18.1 Å². The Kier molecular flexibility index (Phi) is 4.71. The molecule has 0 aliphatic heterocycles. The van der Waals surface area contributed by atoms with Crippen LogP contribution in [0, 0.1) is 5.92 Å². The predicted octanol–water partition coefficient (Wildman–Crippen LogP) is 2.22. The van der Waals surface area contributed by atoms with E-state index in [9.17, 15) is 4.79 Å². The quantitative estimate of drug-likeness (QED) is 0.820. The summed E-state index contributed by atoms with van der Waals surface area (Å²) in [7, 11) is 1.76. The summed E-state index contributed by atoms with van der Waals surface area (Å²) >= 11 is 0. The molecule has 0 bridgehead atoms.